The first-order valence-electron chi connectivity index (χ1n) is 11.1. The first-order chi connectivity index (χ1) is 16.6. The zero-order chi connectivity index (χ0) is 24.9. The van der Waals surface area contributed by atoms with Crippen LogP contribution in [0.4, 0.5) is 17.6 Å². The van der Waals surface area contributed by atoms with Crippen LogP contribution >= 0.6 is 0 Å². The van der Waals surface area contributed by atoms with E-state index in [0.29, 0.717) is 11.3 Å². The molecule has 2 aliphatic heterocycles. The van der Waals surface area contributed by atoms with E-state index < -0.39 is 30.1 Å². The largest absolute Gasteiger partial charge is 0.416 e. The minimum absolute atomic E-state index is 0.0151. The maximum atomic E-state index is 14.7. The van der Waals surface area contributed by atoms with Gasteiger partial charge in [0.25, 0.3) is 11.5 Å². The van der Waals surface area contributed by atoms with Gasteiger partial charge < -0.3 is 18.8 Å². The van der Waals surface area contributed by atoms with Crippen LogP contribution in [0.5, 0.6) is 0 Å². The lowest BCUT2D eigenvalue weighted by Crippen LogP contribution is -2.47. The number of aryl methyl sites for hydroxylation is 1. The number of alkyl halides is 4. The molecular formula is C24H22F4N4O3. The van der Waals surface area contributed by atoms with Crippen molar-refractivity contribution in [3.8, 4) is 5.69 Å². The molecule has 0 N–H and O–H groups in total. The Morgan fingerprint density at radius 1 is 1.09 bits per heavy atom. The van der Waals surface area contributed by atoms with Crippen LogP contribution in [0.1, 0.15) is 39.8 Å². The lowest BCUT2D eigenvalue weighted by atomic mass is 10.0. The number of ether oxygens (including phenoxy) is 1. The van der Waals surface area contributed by atoms with Gasteiger partial charge >= 0.3 is 6.18 Å². The highest BCUT2D eigenvalue weighted by molar-refractivity contribution is 5.93. The molecule has 1 fully saturated rings. The van der Waals surface area contributed by atoms with Crippen molar-refractivity contribution in [1.29, 1.82) is 0 Å². The second kappa shape index (κ2) is 8.63. The summed E-state index contributed by atoms with van der Waals surface area (Å²) in [6, 6.07) is 7.40. The van der Waals surface area contributed by atoms with Crippen molar-refractivity contribution in [3.05, 3.63) is 81.8 Å². The van der Waals surface area contributed by atoms with Gasteiger partial charge in [0, 0.05) is 32.3 Å². The lowest BCUT2D eigenvalue weighted by molar-refractivity contribution is -0.137. The minimum atomic E-state index is -4.47. The van der Waals surface area contributed by atoms with E-state index in [0.717, 1.165) is 17.8 Å². The molecule has 0 radical (unpaired) electrons. The lowest BCUT2D eigenvalue weighted by Gasteiger charge is -2.31. The van der Waals surface area contributed by atoms with Crippen molar-refractivity contribution in [2.24, 2.45) is 0 Å². The predicted octanol–water partition coefficient (Wildman–Crippen LogP) is 3.69. The molecule has 3 aromatic rings. The molecule has 2 aromatic heterocycles. The fourth-order valence-electron chi connectivity index (χ4n) is 4.62. The predicted molar refractivity (Wildman–Crippen MR) is 117 cm³/mol. The maximum Gasteiger partial charge on any atom is 0.416 e. The van der Waals surface area contributed by atoms with Gasteiger partial charge in [0.2, 0.25) is 0 Å². The van der Waals surface area contributed by atoms with Crippen molar-refractivity contribution in [3.63, 3.8) is 0 Å². The molecule has 1 aromatic carbocycles. The molecule has 1 amide bonds. The normalized spacial score (nSPS) is 22.5. The number of aromatic nitrogens is 3. The van der Waals surface area contributed by atoms with Crippen molar-refractivity contribution in [2.45, 2.75) is 44.4 Å². The average molecular weight is 490 g/mol. The molecule has 35 heavy (non-hydrogen) atoms. The monoisotopic (exact) mass is 490 g/mol. The smallest absolute Gasteiger partial charge is 0.365 e. The molecular weight excluding hydrogens is 468 g/mol. The van der Waals surface area contributed by atoms with Crippen LogP contribution in [-0.4, -0.2) is 50.3 Å². The highest BCUT2D eigenvalue weighted by Crippen LogP contribution is 2.37. The molecule has 2 aliphatic rings. The van der Waals surface area contributed by atoms with Crippen LogP contribution in [0.3, 0.4) is 0 Å². The zero-order valence-electron chi connectivity index (χ0n) is 18.7. The highest BCUT2D eigenvalue weighted by atomic mass is 19.4. The Morgan fingerprint density at radius 3 is 2.49 bits per heavy atom. The Bertz CT molecular complexity index is 1320. The molecule has 0 aliphatic carbocycles. The van der Waals surface area contributed by atoms with E-state index in [2.05, 4.69) is 4.98 Å². The molecule has 1 saturated heterocycles. The maximum absolute atomic E-state index is 14.7. The van der Waals surface area contributed by atoms with E-state index in [4.69, 9.17) is 4.74 Å². The second-order valence-corrected chi connectivity index (χ2v) is 8.78. The van der Waals surface area contributed by atoms with Crippen molar-refractivity contribution >= 4 is 5.91 Å². The fraction of sp³-hybridized carbons (Fsp3) is 0.375. The summed E-state index contributed by atoms with van der Waals surface area (Å²) in [5.74, 6) is -0.362. The number of imidazole rings is 1. The van der Waals surface area contributed by atoms with E-state index in [9.17, 15) is 27.2 Å². The van der Waals surface area contributed by atoms with Crippen LogP contribution < -0.4 is 5.56 Å². The third-order valence-corrected chi connectivity index (χ3v) is 6.39. The topological polar surface area (TPSA) is 69.4 Å². The molecule has 5 rings (SSSR count). The Balaban J connectivity index is 1.29. The number of nitrogens with zero attached hydrogens (tertiary/aromatic N) is 4. The van der Waals surface area contributed by atoms with Crippen LogP contribution in [0.2, 0.25) is 0 Å². The van der Waals surface area contributed by atoms with Gasteiger partial charge in [-0.3, -0.25) is 9.59 Å². The Hall–Kier alpha value is -3.47. The molecule has 0 saturated carbocycles. The first kappa shape index (κ1) is 23.3. The summed E-state index contributed by atoms with van der Waals surface area (Å²) in [6.45, 7) is 2.45. The van der Waals surface area contributed by atoms with E-state index in [-0.39, 0.29) is 43.2 Å². The van der Waals surface area contributed by atoms with Crippen molar-refractivity contribution < 1.29 is 27.1 Å². The van der Waals surface area contributed by atoms with Crippen LogP contribution in [-0.2, 0) is 17.5 Å². The molecule has 0 bridgehead atoms. The van der Waals surface area contributed by atoms with Gasteiger partial charge in [-0.1, -0.05) is 12.1 Å². The van der Waals surface area contributed by atoms with Crippen LogP contribution in [0, 0.1) is 6.92 Å². The summed E-state index contributed by atoms with van der Waals surface area (Å²) in [6.07, 6.45) is -4.23. The zero-order valence-corrected chi connectivity index (χ0v) is 18.7. The fourth-order valence-corrected chi connectivity index (χ4v) is 4.62. The van der Waals surface area contributed by atoms with E-state index in [1.165, 1.54) is 27.9 Å². The summed E-state index contributed by atoms with van der Waals surface area (Å²) in [5.41, 5.74) is 0.565. The number of amides is 1. The number of halogens is 4. The number of carbonyl (C=O) groups is 1. The standard InChI is InChI=1S/C24H22F4N4O3/c1-14-11-31(13-29-14)19-6-7-20-22(33)30(8-9-32(20)23(19)34)12-17-10-18(25)21(35-17)15-2-4-16(5-3-15)24(26,27)28/h2-7,11,13,17-18,21H,8-10,12H2,1H3. The highest BCUT2D eigenvalue weighted by Gasteiger charge is 2.39. The second-order valence-electron chi connectivity index (χ2n) is 8.78. The summed E-state index contributed by atoms with van der Waals surface area (Å²) in [4.78, 5) is 31.7. The summed E-state index contributed by atoms with van der Waals surface area (Å²) < 4.78 is 61.9. The minimum Gasteiger partial charge on any atom is -0.365 e. The van der Waals surface area contributed by atoms with E-state index in [1.54, 1.807) is 22.9 Å². The number of benzene rings is 1. The Kier molecular flexibility index (Phi) is 5.74. The molecule has 3 unspecified atom stereocenters. The van der Waals surface area contributed by atoms with Crippen LogP contribution in [0.15, 0.2) is 53.7 Å². The van der Waals surface area contributed by atoms with Gasteiger partial charge in [-0.2, -0.15) is 13.2 Å². The molecule has 184 valence electrons. The molecule has 0 spiro atoms. The van der Waals surface area contributed by atoms with E-state index >= 15 is 0 Å². The number of rotatable bonds is 4. The number of pyridine rings is 1. The summed E-state index contributed by atoms with van der Waals surface area (Å²) in [5, 5.41) is 0. The van der Waals surface area contributed by atoms with Gasteiger partial charge in [0.15, 0.2) is 0 Å². The van der Waals surface area contributed by atoms with Gasteiger partial charge in [-0.15, -0.1) is 0 Å². The van der Waals surface area contributed by atoms with Crippen molar-refractivity contribution in [2.75, 3.05) is 13.1 Å². The number of carbonyl (C=O) groups excluding carboxylic acids is 1. The Morgan fingerprint density at radius 2 is 1.83 bits per heavy atom. The van der Waals surface area contributed by atoms with Gasteiger partial charge in [-0.25, -0.2) is 9.37 Å². The number of hydrogen-bond donors (Lipinski definition) is 0. The molecule has 11 heteroatoms. The van der Waals surface area contributed by atoms with E-state index in [1.807, 2.05) is 6.92 Å². The van der Waals surface area contributed by atoms with Crippen LogP contribution in [0.25, 0.3) is 5.69 Å². The quantitative estimate of drug-likeness (QED) is 0.524. The number of hydrogen-bond acceptors (Lipinski definition) is 4. The summed E-state index contributed by atoms with van der Waals surface area (Å²) in [7, 11) is 0. The SMILES string of the molecule is Cc1cn(-c2ccc3n(c2=O)CCN(CC2CC(F)C(c4ccc(C(F)(F)F)cc4)O2)C3=O)cn1. The summed E-state index contributed by atoms with van der Waals surface area (Å²) >= 11 is 0. The first-order valence-corrected chi connectivity index (χ1v) is 11.1. The molecule has 7 nitrogen and oxygen atoms in total. The average Bonchev–Trinajstić information content (AvgIpc) is 3.40. The molecule has 3 atom stereocenters. The van der Waals surface area contributed by atoms with Crippen molar-refractivity contribution in [1.82, 2.24) is 19.0 Å². The Labute approximate surface area is 197 Å². The molecule has 4 heterocycles. The third kappa shape index (κ3) is 4.36. The van der Waals surface area contributed by atoms with Gasteiger partial charge in [0.1, 0.15) is 23.7 Å². The van der Waals surface area contributed by atoms with Gasteiger partial charge in [0.05, 0.1) is 23.7 Å². The number of fused-ring (bicyclic) bond motifs is 1. The third-order valence-electron chi connectivity index (χ3n) is 6.39. The van der Waals surface area contributed by atoms with Gasteiger partial charge in [-0.05, 0) is 36.8 Å².